The second-order valence-electron chi connectivity index (χ2n) is 7.54. The summed E-state index contributed by atoms with van der Waals surface area (Å²) in [6.07, 6.45) is 1.44. The second kappa shape index (κ2) is 14.4. The molecule has 37 heavy (non-hydrogen) atoms. The highest BCUT2D eigenvalue weighted by Gasteiger charge is 2.48. The number of halogens is 2. The fourth-order valence-corrected chi connectivity index (χ4v) is 4.52. The SMILES string of the molecule is CC.CNC(=O)Nc1ccc(-c2nc(NCCO)cc(C3(Sc4c(F)cccc4F)CC3)n2)cc1.O.O.[HH].[HH]. The summed E-state index contributed by atoms with van der Waals surface area (Å²) in [6.45, 7) is 4.22. The van der Waals surface area contributed by atoms with Crippen LogP contribution < -0.4 is 16.0 Å². The molecule has 12 heteroatoms. The Morgan fingerprint density at radius 2 is 1.70 bits per heavy atom. The number of aliphatic hydroxyl groups is 1. The lowest BCUT2D eigenvalue weighted by molar-refractivity contribution is 0.254. The van der Waals surface area contributed by atoms with E-state index in [0.717, 1.165) is 24.6 Å². The van der Waals surface area contributed by atoms with E-state index in [-0.39, 0.29) is 31.3 Å². The molecule has 2 aromatic carbocycles. The number of rotatable bonds is 8. The number of aromatic nitrogens is 2. The Labute approximate surface area is 221 Å². The molecule has 8 N–H and O–H groups in total. The minimum absolute atomic E-state index is 0. The van der Waals surface area contributed by atoms with Crippen molar-refractivity contribution in [3.63, 3.8) is 0 Å². The number of amides is 2. The quantitative estimate of drug-likeness (QED) is 0.334. The first kappa shape index (κ1) is 31.7. The monoisotopic (exact) mass is 541 g/mol. The number of hydrogen-bond acceptors (Lipinski definition) is 6. The fourth-order valence-electron chi connectivity index (χ4n) is 3.28. The van der Waals surface area contributed by atoms with Crippen LogP contribution in [0.15, 0.2) is 53.4 Å². The van der Waals surface area contributed by atoms with Gasteiger partial charge in [0.05, 0.1) is 21.9 Å². The molecule has 1 aliphatic carbocycles. The Morgan fingerprint density at radius 3 is 2.24 bits per heavy atom. The van der Waals surface area contributed by atoms with Crippen LogP contribution in [0, 0.1) is 11.6 Å². The average molecular weight is 542 g/mol. The molecule has 9 nitrogen and oxygen atoms in total. The van der Waals surface area contributed by atoms with Gasteiger partial charge in [-0.05, 0) is 49.2 Å². The van der Waals surface area contributed by atoms with Crippen molar-refractivity contribution in [2.24, 2.45) is 0 Å². The van der Waals surface area contributed by atoms with Gasteiger partial charge in [-0.15, -0.1) is 11.8 Å². The van der Waals surface area contributed by atoms with E-state index < -0.39 is 16.4 Å². The number of carbonyl (C=O) groups excluding carboxylic acids is 1. The van der Waals surface area contributed by atoms with Crippen LogP contribution in [-0.4, -0.2) is 52.3 Å². The smallest absolute Gasteiger partial charge is 0.318 e. The molecule has 1 fully saturated rings. The molecule has 4 rings (SSSR count). The number of carbonyl (C=O) groups is 1. The molecule has 0 unspecified atom stereocenters. The lowest BCUT2D eigenvalue weighted by Crippen LogP contribution is -2.24. The molecule has 0 saturated heterocycles. The van der Waals surface area contributed by atoms with Crippen LogP contribution in [0.4, 0.5) is 25.1 Å². The van der Waals surface area contributed by atoms with Gasteiger partial charge in [-0.1, -0.05) is 19.9 Å². The van der Waals surface area contributed by atoms with Crippen LogP contribution in [0.3, 0.4) is 0 Å². The maximum absolute atomic E-state index is 14.3. The number of aliphatic hydroxyl groups excluding tert-OH is 1. The highest BCUT2D eigenvalue weighted by molar-refractivity contribution is 8.00. The molecular weight excluding hydrogens is 504 g/mol. The van der Waals surface area contributed by atoms with E-state index in [9.17, 15) is 18.7 Å². The predicted molar refractivity (Wildman–Crippen MR) is 147 cm³/mol. The van der Waals surface area contributed by atoms with E-state index in [1.54, 1.807) is 30.3 Å². The Balaban J connectivity index is 0. The highest BCUT2D eigenvalue weighted by Crippen LogP contribution is 2.60. The number of anilines is 2. The predicted octanol–water partition coefficient (Wildman–Crippen LogP) is 4.23. The minimum atomic E-state index is -0.599. The van der Waals surface area contributed by atoms with Gasteiger partial charge in [-0.2, -0.15) is 0 Å². The summed E-state index contributed by atoms with van der Waals surface area (Å²) in [5.74, 6) is -0.255. The molecule has 206 valence electrons. The van der Waals surface area contributed by atoms with Crippen LogP contribution in [0.5, 0.6) is 0 Å². The Kier molecular flexibility index (Phi) is 12.4. The van der Waals surface area contributed by atoms with E-state index in [1.807, 2.05) is 13.8 Å². The van der Waals surface area contributed by atoms with E-state index >= 15 is 0 Å². The largest absolute Gasteiger partial charge is 0.412 e. The minimum Gasteiger partial charge on any atom is -0.412 e. The third-order valence-corrected chi connectivity index (χ3v) is 6.76. The number of nitrogens with one attached hydrogen (secondary N) is 3. The molecule has 0 atom stereocenters. The van der Waals surface area contributed by atoms with Gasteiger partial charge in [0.15, 0.2) is 5.82 Å². The van der Waals surface area contributed by atoms with Crippen molar-refractivity contribution in [3.8, 4) is 11.4 Å². The Bertz CT molecular complexity index is 1160. The number of benzene rings is 2. The second-order valence-corrected chi connectivity index (χ2v) is 8.93. The van der Waals surface area contributed by atoms with Crippen molar-refractivity contribution < 1.29 is 32.5 Å². The molecule has 2 amide bonds. The first-order valence-corrected chi connectivity index (χ1v) is 12.2. The summed E-state index contributed by atoms with van der Waals surface area (Å²) in [7, 11) is 1.53. The standard InChI is InChI=1S/C23H23F2N5O2S.C2H6.2H2O.2H2/c1-26-22(32)28-15-7-5-14(6-8-15)21-29-18(13-19(30-21)27-11-12-31)23(9-10-23)33-20-16(24)3-2-4-17(20)25;1-2;;;;/h2-8,13,31H,9-12H2,1H3,(H2,26,28,32)(H,27,29,30);1-2H3;2*1H2;2*1H. The Morgan fingerprint density at radius 1 is 1.08 bits per heavy atom. The van der Waals surface area contributed by atoms with Gasteiger partial charge in [0.2, 0.25) is 0 Å². The lowest BCUT2D eigenvalue weighted by Gasteiger charge is -2.18. The normalized spacial score (nSPS) is 12.6. The van der Waals surface area contributed by atoms with Crippen LogP contribution in [0.25, 0.3) is 11.4 Å². The first-order valence-electron chi connectivity index (χ1n) is 11.4. The molecule has 0 bridgehead atoms. The number of hydrogen-bond donors (Lipinski definition) is 4. The molecule has 1 aromatic heterocycles. The number of thioether (sulfide) groups is 1. The zero-order valence-electron chi connectivity index (χ0n) is 20.9. The van der Waals surface area contributed by atoms with Gasteiger partial charge in [-0.25, -0.2) is 23.5 Å². The summed E-state index contributed by atoms with van der Waals surface area (Å²) < 4.78 is 28.0. The van der Waals surface area contributed by atoms with Crippen molar-refractivity contribution in [3.05, 3.63) is 65.9 Å². The van der Waals surface area contributed by atoms with Crippen LogP contribution in [0.1, 0.15) is 35.2 Å². The average Bonchev–Trinajstić information content (AvgIpc) is 3.67. The summed E-state index contributed by atoms with van der Waals surface area (Å²) in [6, 6.07) is 12.3. The van der Waals surface area contributed by atoms with Crippen LogP contribution in [-0.2, 0) is 4.75 Å². The van der Waals surface area contributed by atoms with E-state index in [0.29, 0.717) is 35.1 Å². The molecular formula is C25H37F2N5O4S. The molecule has 1 heterocycles. The molecule has 1 aliphatic rings. The van der Waals surface area contributed by atoms with Crippen LogP contribution in [0.2, 0.25) is 0 Å². The molecule has 0 aliphatic heterocycles. The maximum atomic E-state index is 14.3. The zero-order chi connectivity index (χ0) is 25.4. The topological polar surface area (TPSA) is 162 Å². The van der Waals surface area contributed by atoms with Gasteiger partial charge < -0.3 is 32.0 Å². The molecule has 1 saturated carbocycles. The van der Waals surface area contributed by atoms with Gasteiger partial charge >= 0.3 is 6.03 Å². The van der Waals surface area contributed by atoms with Crippen molar-refractivity contribution in [1.82, 2.24) is 15.3 Å². The first-order chi connectivity index (χ1) is 16.9. The lowest BCUT2D eigenvalue weighted by atomic mass is 10.1. The fraction of sp³-hybridized carbons (Fsp3) is 0.320. The van der Waals surface area contributed by atoms with E-state index in [4.69, 9.17) is 4.98 Å². The zero-order valence-corrected chi connectivity index (χ0v) is 21.7. The van der Waals surface area contributed by atoms with Crippen molar-refractivity contribution in [2.45, 2.75) is 36.3 Å². The van der Waals surface area contributed by atoms with Gasteiger partial charge in [0.25, 0.3) is 0 Å². The van der Waals surface area contributed by atoms with Crippen molar-refractivity contribution >= 4 is 29.3 Å². The molecule has 0 spiro atoms. The highest BCUT2D eigenvalue weighted by atomic mass is 32.2. The molecule has 0 radical (unpaired) electrons. The summed E-state index contributed by atoms with van der Waals surface area (Å²) >= 11 is 1.14. The van der Waals surface area contributed by atoms with Crippen molar-refractivity contribution in [2.75, 3.05) is 30.8 Å². The summed E-state index contributed by atoms with van der Waals surface area (Å²) in [5, 5.41) is 17.4. The third kappa shape index (κ3) is 7.83. The number of urea groups is 1. The molecule has 3 aromatic rings. The Hall–Kier alpha value is -3.32. The maximum Gasteiger partial charge on any atom is 0.318 e. The van der Waals surface area contributed by atoms with Crippen LogP contribution >= 0.6 is 11.8 Å². The van der Waals surface area contributed by atoms with Crippen molar-refractivity contribution in [1.29, 1.82) is 0 Å². The van der Waals surface area contributed by atoms with E-state index in [1.165, 1.54) is 25.2 Å². The van der Waals surface area contributed by atoms with Gasteiger partial charge in [0.1, 0.15) is 17.5 Å². The van der Waals surface area contributed by atoms with E-state index in [2.05, 4.69) is 20.9 Å². The summed E-state index contributed by atoms with van der Waals surface area (Å²) in [5.41, 5.74) is 1.98. The number of nitrogens with zero attached hydrogens (tertiary/aromatic N) is 2. The van der Waals surface area contributed by atoms with Gasteiger partial charge in [0, 0.05) is 33.8 Å². The third-order valence-electron chi connectivity index (χ3n) is 5.16. The summed E-state index contributed by atoms with van der Waals surface area (Å²) in [4.78, 5) is 20.8. The van der Waals surface area contributed by atoms with Gasteiger partial charge in [-0.3, -0.25) is 0 Å².